The zero-order valence-corrected chi connectivity index (χ0v) is 13.8. The van der Waals surface area contributed by atoms with Gasteiger partial charge in [-0.15, -0.1) is 0 Å². The SMILES string of the molecule is CN(Cc1nc(C(F)F)no1)C[C@@H]1CCN(C)[C@H]1c1cccnc1. The van der Waals surface area contributed by atoms with E-state index in [4.69, 9.17) is 4.52 Å². The molecule has 3 heterocycles. The number of halogens is 2. The normalized spacial score (nSPS) is 21.9. The van der Waals surface area contributed by atoms with Gasteiger partial charge in [0.15, 0.2) is 0 Å². The Morgan fingerprint density at radius 3 is 2.96 bits per heavy atom. The summed E-state index contributed by atoms with van der Waals surface area (Å²) in [6, 6.07) is 4.35. The smallest absolute Gasteiger partial charge is 0.300 e. The van der Waals surface area contributed by atoms with Crippen molar-refractivity contribution in [1.29, 1.82) is 0 Å². The Hall–Kier alpha value is -1.93. The number of pyridine rings is 1. The van der Waals surface area contributed by atoms with Crippen molar-refractivity contribution in [3.8, 4) is 0 Å². The highest BCUT2D eigenvalue weighted by molar-refractivity contribution is 5.17. The Kier molecular flexibility index (Phi) is 5.15. The molecular weight excluding hydrogens is 316 g/mol. The second-order valence-corrected chi connectivity index (χ2v) is 6.30. The largest absolute Gasteiger partial charge is 0.338 e. The zero-order valence-electron chi connectivity index (χ0n) is 13.8. The Balaban J connectivity index is 1.63. The monoisotopic (exact) mass is 337 g/mol. The number of alkyl halides is 2. The number of likely N-dealkylation sites (tertiary alicyclic amines) is 1. The lowest BCUT2D eigenvalue weighted by atomic mass is 9.94. The zero-order chi connectivity index (χ0) is 17.1. The highest BCUT2D eigenvalue weighted by Crippen LogP contribution is 2.36. The maximum absolute atomic E-state index is 12.5. The van der Waals surface area contributed by atoms with Crippen molar-refractivity contribution < 1.29 is 13.3 Å². The maximum Gasteiger partial charge on any atom is 0.300 e. The van der Waals surface area contributed by atoms with Gasteiger partial charge in [0.1, 0.15) is 0 Å². The minimum atomic E-state index is -2.70. The van der Waals surface area contributed by atoms with Gasteiger partial charge in [0, 0.05) is 25.0 Å². The first kappa shape index (κ1) is 16.9. The highest BCUT2D eigenvalue weighted by atomic mass is 19.3. The number of hydrogen-bond donors (Lipinski definition) is 0. The van der Waals surface area contributed by atoms with Gasteiger partial charge in [0.25, 0.3) is 0 Å². The summed E-state index contributed by atoms with van der Waals surface area (Å²) in [5, 5.41) is 3.30. The van der Waals surface area contributed by atoms with E-state index >= 15 is 0 Å². The Morgan fingerprint density at radius 2 is 2.29 bits per heavy atom. The average molecular weight is 337 g/mol. The van der Waals surface area contributed by atoms with Crippen LogP contribution in [0.5, 0.6) is 0 Å². The minimum Gasteiger partial charge on any atom is -0.338 e. The lowest BCUT2D eigenvalue weighted by Gasteiger charge is -2.28. The molecule has 24 heavy (non-hydrogen) atoms. The third-order valence-electron chi connectivity index (χ3n) is 4.43. The molecule has 1 fully saturated rings. The molecule has 130 valence electrons. The van der Waals surface area contributed by atoms with E-state index in [1.807, 2.05) is 24.2 Å². The molecule has 8 heteroatoms. The molecule has 0 N–H and O–H groups in total. The number of nitrogens with zero attached hydrogens (tertiary/aromatic N) is 5. The van der Waals surface area contributed by atoms with Crippen molar-refractivity contribution in [2.24, 2.45) is 5.92 Å². The predicted octanol–water partition coefficient (Wildman–Crippen LogP) is 2.53. The van der Waals surface area contributed by atoms with E-state index in [0.717, 1.165) is 19.5 Å². The van der Waals surface area contributed by atoms with Gasteiger partial charge in [-0.05, 0) is 44.6 Å². The van der Waals surface area contributed by atoms with Crippen LogP contribution in [0.1, 0.15) is 36.2 Å². The topological polar surface area (TPSA) is 58.3 Å². The molecule has 0 bridgehead atoms. The van der Waals surface area contributed by atoms with Crippen molar-refractivity contribution in [1.82, 2.24) is 24.9 Å². The number of rotatable bonds is 6. The van der Waals surface area contributed by atoms with Gasteiger partial charge in [-0.25, -0.2) is 8.78 Å². The van der Waals surface area contributed by atoms with Gasteiger partial charge < -0.3 is 4.52 Å². The molecule has 0 aromatic carbocycles. The fourth-order valence-corrected chi connectivity index (χ4v) is 3.41. The predicted molar refractivity (Wildman–Crippen MR) is 83.3 cm³/mol. The van der Waals surface area contributed by atoms with E-state index in [-0.39, 0.29) is 5.89 Å². The molecule has 1 aliphatic rings. The van der Waals surface area contributed by atoms with E-state index < -0.39 is 12.2 Å². The van der Waals surface area contributed by atoms with Crippen molar-refractivity contribution in [2.45, 2.75) is 25.4 Å². The van der Waals surface area contributed by atoms with Crippen LogP contribution < -0.4 is 0 Å². The third kappa shape index (κ3) is 3.76. The molecule has 1 saturated heterocycles. The Bertz CT molecular complexity index is 651. The summed E-state index contributed by atoms with van der Waals surface area (Å²) in [6.07, 6.45) is 2.06. The number of aromatic nitrogens is 3. The molecule has 0 amide bonds. The average Bonchev–Trinajstić information content (AvgIpc) is 3.15. The Morgan fingerprint density at radius 1 is 1.46 bits per heavy atom. The van der Waals surface area contributed by atoms with Crippen LogP contribution in [0, 0.1) is 5.92 Å². The van der Waals surface area contributed by atoms with Crippen molar-refractivity contribution in [2.75, 3.05) is 27.2 Å². The van der Waals surface area contributed by atoms with Crippen molar-refractivity contribution >= 4 is 0 Å². The van der Waals surface area contributed by atoms with E-state index in [2.05, 4.69) is 33.1 Å². The summed E-state index contributed by atoms with van der Waals surface area (Å²) in [5.74, 6) is 0.103. The van der Waals surface area contributed by atoms with Crippen LogP contribution in [0.2, 0.25) is 0 Å². The third-order valence-corrected chi connectivity index (χ3v) is 4.43. The maximum atomic E-state index is 12.5. The molecule has 0 unspecified atom stereocenters. The van der Waals surface area contributed by atoms with E-state index in [1.54, 1.807) is 6.20 Å². The molecule has 2 aromatic rings. The lowest BCUT2D eigenvalue weighted by Crippen LogP contribution is -2.30. The van der Waals surface area contributed by atoms with E-state index in [9.17, 15) is 8.78 Å². The van der Waals surface area contributed by atoms with Crippen LogP contribution in [-0.4, -0.2) is 52.1 Å². The summed E-state index contributed by atoms with van der Waals surface area (Å²) in [4.78, 5) is 12.3. The second-order valence-electron chi connectivity index (χ2n) is 6.30. The van der Waals surface area contributed by atoms with Gasteiger partial charge >= 0.3 is 6.43 Å². The fraction of sp³-hybridized carbons (Fsp3) is 0.562. The summed E-state index contributed by atoms with van der Waals surface area (Å²) in [7, 11) is 4.05. The van der Waals surface area contributed by atoms with Gasteiger partial charge in [0.05, 0.1) is 6.54 Å². The molecule has 6 nitrogen and oxygen atoms in total. The van der Waals surface area contributed by atoms with Crippen molar-refractivity contribution in [3.05, 3.63) is 41.8 Å². The van der Waals surface area contributed by atoms with E-state index in [0.29, 0.717) is 18.5 Å². The van der Waals surface area contributed by atoms with Crippen molar-refractivity contribution in [3.63, 3.8) is 0 Å². The van der Waals surface area contributed by atoms with Crippen LogP contribution >= 0.6 is 0 Å². The quantitative estimate of drug-likeness (QED) is 0.807. The van der Waals surface area contributed by atoms with Crippen LogP contribution in [0.4, 0.5) is 8.78 Å². The molecule has 0 saturated carbocycles. The standard InChI is InChI=1S/C16H21F2N5O/c1-22(10-13-20-16(15(17)18)21-24-13)9-12-5-7-23(2)14(12)11-4-3-6-19-8-11/h3-4,6,8,12,14-15H,5,7,9-10H2,1-2H3/t12-,14-/m0/s1. The fourth-order valence-electron chi connectivity index (χ4n) is 3.41. The van der Waals surface area contributed by atoms with Crippen LogP contribution in [0.3, 0.4) is 0 Å². The summed E-state index contributed by atoms with van der Waals surface area (Å²) >= 11 is 0. The molecule has 2 aromatic heterocycles. The molecule has 0 radical (unpaired) electrons. The first-order chi connectivity index (χ1) is 11.5. The molecular formula is C16H21F2N5O. The van der Waals surface area contributed by atoms with Crippen LogP contribution in [0.15, 0.2) is 29.0 Å². The summed E-state index contributed by atoms with van der Waals surface area (Å²) < 4.78 is 29.9. The van der Waals surface area contributed by atoms with Gasteiger partial charge in [0.2, 0.25) is 11.7 Å². The number of hydrogen-bond acceptors (Lipinski definition) is 6. The molecule has 2 atom stereocenters. The molecule has 0 spiro atoms. The summed E-state index contributed by atoms with van der Waals surface area (Å²) in [6.45, 7) is 2.20. The Labute approximate surface area is 139 Å². The molecule has 3 rings (SSSR count). The highest BCUT2D eigenvalue weighted by Gasteiger charge is 2.33. The minimum absolute atomic E-state index is 0.220. The lowest BCUT2D eigenvalue weighted by molar-refractivity contribution is 0.136. The molecule has 0 aliphatic carbocycles. The first-order valence-electron chi connectivity index (χ1n) is 7.94. The van der Waals surface area contributed by atoms with Crippen LogP contribution in [-0.2, 0) is 6.54 Å². The van der Waals surface area contributed by atoms with Gasteiger partial charge in [-0.1, -0.05) is 11.2 Å². The van der Waals surface area contributed by atoms with Gasteiger partial charge in [-0.2, -0.15) is 4.98 Å². The van der Waals surface area contributed by atoms with E-state index in [1.165, 1.54) is 5.56 Å². The second kappa shape index (κ2) is 7.31. The molecule has 1 aliphatic heterocycles. The van der Waals surface area contributed by atoms with Crippen LogP contribution in [0.25, 0.3) is 0 Å². The van der Waals surface area contributed by atoms with Gasteiger partial charge in [-0.3, -0.25) is 14.8 Å². The first-order valence-corrected chi connectivity index (χ1v) is 7.94. The summed E-state index contributed by atoms with van der Waals surface area (Å²) in [5.41, 5.74) is 1.20.